The maximum absolute atomic E-state index is 13.0. The summed E-state index contributed by atoms with van der Waals surface area (Å²) in [6.07, 6.45) is 2.37. The molecule has 1 fully saturated rings. The molecule has 2 aromatic carbocycles. The molecule has 1 saturated heterocycles. The van der Waals surface area contributed by atoms with E-state index in [-0.39, 0.29) is 5.91 Å². The van der Waals surface area contributed by atoms with Crippen molar-refractivity contribution in [2.24, 2.45) is 4.99 Å². The summed E-state index contributed by atoms with van der Waals surface area (Å²) in [4.78, 5) is 21.7. The highest BCUT2D eigenvalue weighted by molar-refractivity contribution is 6.54. The third-order valence-corrected chi connectivity index (χ3v) is 4.96. The Morgan fingerprint density at radius 2 is 1.68 bits per heavy atom. The summed E-state index contributed by atoms with van der Waals surface area (Å²) < 4.78 is 0. The smallest absolute Gasteiger partial charge is 0.278 e. The summed E-state index contributed by atoms with van der Waals surface area (Å²) >= 11 is 12.1. The predicted molar refractivity (Wildman–Crippen MR) is 102 cm³/mol. The lowest BCUT2D eigenvalue weighted by atomic mass is 10.1. The molecule has 25 heavy (non-hydrogen) atoms. The molecule has 0 aromatic heterocycles. The van der Waals surface area contributed by atoms with Crippen molar-refractivity contribution in [3.63, 3.8) is 0 Å². The van der Waals surface area contributed by atoms with Crippen molar-refractivity contribution < 1.29 is 4.79 Å². The van der Waals surface area contributed by atoms with Crippen LogP contribution in [-0.2, 0) is 4.79 Å². The van der Waals surface area contributed by atoms with E-state index >= 15 is 0 Å². The Hall–Kier alpha value is -1.88. The van der Waals surface area contributed by atoms with Crippen molar-refractivity contribution >= 4 is 46.2 Å². The number of amides is 1. The second-order valence-corrected chi connectivity index (χ2v) is 7.18. The van der Waals surface area contributed by atoms with Crippen LogP contribution in [0, 0.1) is 0 Å². The van der Waals surface area contributed by atoms with E-state index in [0.717, 1.165) is 24.3 Å². The van der Waals surface area contributed by atoms with Gasteiger partial charge >= 0.3 is 0 Å². The van der Waals surface area contributed by atoms with Gasteiger partial charge in [-0.05, 0) is 50.2 Å². The van der Waals surface area contributed by atoms with Crippen LogP contribution in [0.2, 0.25) is 10.0 Å². The number of anilines is 1. The topological polar surface area (TPSA) is 35.9 Å². The lowest BCUT2D eigenvalue weighted by molar-refractivity contribution is -0.112. The minimum Gasteiger partial charge on any atom is -0.293 e. The fourth-order valence-electron chi connectivity index (χ4n) is 3.37. The second kappa shape index (κ2) is 6.79. The van der Waals surface area contributed by atoms with Crippen LogP contribution in [0.15, 0.2) is 47.5 Å². The van der Waals surface area contributed by atoms with E-state index in [0.29, 0.717) is 28.1 Å². The number of para-hydroxylation sites is 1. The van der Waals surface area contributed by atoms with Gasteiger partial charge in [-0.1, -0.05) is 41.4 Å². The summed E-state index contributed by atoms with van der Waals surface area (Å²) in [5, 5.41) is 0.999. The highest BCUT2D eigenvalue weighted by Crippen LogP contribution is 2.32. The number of halogens is 2. The number of aliphatic imine (C=N–C) groups is 1. The summed E-state index contributed by atoms with van der Waals surface area (Å²) in [6, 6.07) is 12.8. The molecule has 0 radical (unpaired) electrons. The van der Waals surface area contributed by atoms with Crippen molar-refractivity contribution in [3.05, 3.63) is 58.1 Å². The number of carbonyl (C=O) groups is 1. The van der Waals surface area contributed by atoms with Gasteiger partial charge in [0.15, 0.2) is 0 Å². The molecule has 6 heteroatoms. The molecule has 2 aliphatic rings. The summed E-state index contributed by atoms with van der Waals surface area (Å²) in [5.41, 5.74) is 2.78. The van der Waals surface area contributed by atoms with E-state index in [9.17, 15) is 4.79 Å². The Kier molecular flexibility index (Phi) is 4.50. The van der Waals surface area contributed by atoms with Gasteiger partial charge in [-0.25, -0.2) is 4.99 Å². The van der Waals surface area contributed by atoms with Crippen LogP contribution in [-0.4, -0.2) is 36.3 Å². The Balaban J connectivity index is 1.73. The first-order valence-electron chi connectivity index (χ1n) is 8.30. The van der Waals surface area contributed by atoms with Crippen molar-refractivity contribution in [1.29, 1.82) is 0 Å². The molecule has 1 amide bonds. The highest BCUT2D eigenvalue weighted by atomic mass is 35.5. The first kappa shape index (κ1) is 16.6. The van der Waals surface area contributed by atoms with Crippen LogP contribution in [0.25, 0.3) is 0 Å². The van der Waals surface area contributed by atoms with Gasteiger partial charge in [-0.15, -0.1) is 0 Å². The fraction of sp³-hybridized carbons (Fsp3) is 0.263. The molecule has 2 aliphatic heterocycles. The van der Waals surface area contributed by atoms with E-state index in [1.165, 1.54) is 12.8 Å². The molecule has 0 N–H and O–H groups in total. The average Bonchev–Trinajstić information content (AvgIpc) is 3.17. The normalized spacial score (nSPS) is 19.0. The summed E-state index contributed by atoms with van der Waals surface area (Å²) in [7, 11) is 0. The number of hydrogen-bond donors (Lipinski definition) is 0. The SMILES string of the molecule is O=C1C(=Nc2cc(Cl)cc(Cl)c2)c2ccccc2N1CN1CCCC1. The van der Waals surface area contributed by atoms with Gasteiger partial charge in [0.1, 0.15) is 5.71 Å². The van der Waals surface area contributed by atoms with E-state index in [1.54, 1.807) is 18.2 Å². The van der Waals surface area contributed by atoms with E-state index in [2.05, 4.69) is 9.89 Å². The average molecular weight is 374 g/mol. The quantitative estimate of drug-likeness (QED) is 0.792. The zero-order valence-corrected chi connectivity index (χ0v) is 15.1. The van der Waals surface area contributed by atoms with Crippen LogP contribution < -0.4 is 4.90 Å². The maximum atomic E-state index is 13.0. The van der Waals surface area contributed by atoms with Gasteiger partial charge in [0.05, 0.1) is 18.0 Å². The number of hydrogen-bond acceptors (Lipinski definition) is 3. The Morgan fingerprint density at radius 1 is 1.00 bits per heavy atom. The number of fused-ring (bicyclic) bond motifs is 1. The lowest BCUT2D eigenvalue weighted by Crippen LogP contribution is -2.39. The van der Waals surface area contributed by atoms with Crippen LogP contribution in [0.4, 0.5) is 11.4 Å². The summed E-state index contributed by atoms with van der Waals surface area (Å²) in [5.74, 6) is -0.0794. The first-order valence-corrected chi connectivity index (χ1v) is 9.06. The molecule has 2 aromatic rings. The Labute approximate surface area is 156 Å². The lowest BCUT2D eigenvalue weighted by Gasteiger charge is -2.23. The van der Waals surface area contributed by atoms with E-state index in [4.69, 9.17) is 23.2 Å². The molecule has 2 heterocycles. The minimum atomic E-state index is -0.0794. The van der Waals surface area contributed by atoms with Crippen LogP contribution in [0.5, 0.6) is 0 Å². The van der Waals surface area contributed by atoms with Crippen LogP contribution in [0.3, 0.4) is 0 Å². The molecule has 0 bridgehead atoms. The number of likely N-dealkylation sites (tertiary alicyclic amines) is 1. The zero-order valence-electron chi connectivity index (χ0n) is 13.6. The van der Waals surface area contributed by atoms with Gasteiger partial charge in [-0.3, -0.25) is 14.6 Å². The van der Waals surface area contributed by atoms with E-state index in [1.807, 2.05) is 29.2 Å². The van der Waals surface area contributed by atoms with Crippen LogP contribution in [0.1, 0.15) is 18.4 Å². The first-order chi connectivity index (χ1) is 12.1. The Bertz CT molecular complexity index is 839. The molecule has 0 unspecified atom stereocenters. The van der Waals surface area contributed by atoms with Crippen molar-refractivity contribution in [2.75, 3.05) is 24.7 Å². The van der Waals surface area contributed by atoms with Crippen molar-refractivity contribution in [3.8, 4) is 0 Å². The minimum absolute atomic E-state index is 0.0794. The molecular formula is C19H17Cl2N3O. The van der Waals surface area contributed by atoms with Crippen molar-refractivity contribution in [1.82, 2.24) is 4.90 Å². The summed E-state index contributed by atoms with van der Waals surface area (Å²) in [6.45, 7) is 2.66. The molecule has 4 rings (SSSR count). The monoisotopic (exact) mass is 373 g/mol. The third kappa shape index (κ3) is 3.30. The van der Waals surface area contributed by atoms with Crippen LogP contribution >= 0.6 is 23.2 Å². The number of benzene rings is 2. The molecular weight excluding hydrogens is 357 g/mol. The molecule has 0 atom stereocenters. The fourth-order valence-corrected chi connectivity index (χ4v) is 3.88. The second-order valence-electron chi connectivity index (χ2n) is 6.30. The number of nitrogens with zero attached hydrogens (tertiary/aromatic N) is 3. The van der Waals surface area contributed by atoms with Gasteiger partial charge in [0, 0.05) is 15.6 Å². The van der Waals surface area contributed by atoms with Gasteiger partial charge < -0.3 is 0 Å². The highest BCUT2D eigenvalue weighted by Gasteiger charge is 2.35. The number of rotatable bonds is 3. The molecule has 0 saturated carbocycles. The molecule has 4 nitrogen and oxygen atoms in total. The van der Waals surface area contributed by atoms with Crippen molar-refractivity contribution in [2.45, 2.75) is 12.8 Å². The Morgan fingerprint density at radius 3 is 2.40 bits per heavy atom. The standard InChI is InChI=1S/C19H17Cl2N3O/c20-13-9-14(21)11-15(10-13)22-18-16-5-1-2-6-17(16)24(19(18)25)12-23-7-3-4-8-23/h1-2,5-6,9-11H,3-4,7-8,12H2. The molecule has 128 valence electrons. The third-order valence-electron chi connectivity index (χ3n) is 4.53. The van der Waals surface area contributed by atoms with E-state index < -0.39 is 0 Å². The predicted octanol–water partition coefficient (Wildman–Crippen LogP) is 4.51. The molecule has 0 spiro atoms. The number of carbonyl (C=O) groups excluding carboxylic acids is 1. The van der Waals surface area contributed by atoms with Gasteiger partial charge in [0.25, 0.3) is 5.91 Å². The largest absolute Gasteiger partial charge is 0.293 e. The maximum Gasteiger partial charge on any atom is 0.278 e. The molecule has 0 aliphatic carbocycles. The van der Waals surface area contributed by atoms with Gasteiger partial charge in [0.2, 0.25) is 0 Å². The van der Waals surface area contributed by atoms with Gasteiger partial charge in [-0.2, -0.15) is 0 Å². The zero-order chi connectivity index (χ0) is 17.4.